The molecule has 0 bridgehead atoms. The monoisotopic (exact) mass is 238 g/mol. The fraction of sp³-hybridized carbons (Fsp3) is 0.400. The number of nitrogens with zero attached hydrogens (tertiary/aromatic N) is 3. The lowest BCUT2D eigenvalue weighted by molar-refractivity contribution is -0.386. The molecule has 7 nitrogen and oxygen atoms in total. The number of nitro groups is 1. The topological polar surface area (TPSA) is 90.2 Å². The summed E-state index contributed by atoms with van der Waals surface area (Å²) in [5.41, 5.74) is -0.256. The first-order valence-corrected chi connectivity index (χ1v) is 5.18. The minimum absolute atomic E-state index is 0.0523. The van der Waals surface area contributed by atoms with E-state index in [1.165, 1.54) is 6.08 Å². The average Bonchev–Trinajstić information content (AvgIpc) is 2.33. The quantitative estimate of drug-likeness (QED) is 0.442. The van der Waals surface area contributed by atoms with Gasteiger partial charge >= 0.3 is 5.69 Å². The Hall–Kier alpha value is -2.18. The lowest BCUT2D eigenvalue weighted by Gasteiger charge is -2.06. The van der Waals surface area contributed by atoms with E-state index in [-0.39, 0.29) is 18.2 Å². The molecule has 1 N–H and O–H groups in total. The number of aromatic nitrogens is 2. The summed E-state index contributed by atoms with van der Waals surface area (Å²) in [7, 11) is 0. The van der Waals surface area contributed by atoms with Crippen LogP contribution in [0.15, 0.2) is 18.9 Å². The fourth-order valence-corrected chi connectivity index (χ4v) is 1.05. The van der Waals surface area contributed by atoms with Crippen molar-refractivity contribution in [2.45, 2.75) is 13.3 Å². The van der Waals surface area contributed by atoms with Crippen molar-refractivity contribution in [2.24, 2.45) is 0 Å². The molecule has 17 heavy (non-hydrogen) atoms. The summed E-state index contributed by atoms with van der Waals surface area (Å²) >= 11 is 0. The van der Waals surface area contributed by atoms with Crippen LogP contribution in [0.2, 0.25) is 0 Å². The summed E-state index contributed by atoms with van der Waals surface area (Å²) in [5.74, 6) is 0.264. The van der Waals surface area contributed by atoms with Crippen LogP contribution in [-0.2, 0) is 0 Å². The van der Waals surface area contributed by atoms with Gasteiger partial charge in [0.15, 0.2) is 0 Å². The summed E-state index contributed by atoms with van der Waals surface area (Å²) in [5, 5.41) is 13.6. The molecular formula is C10H14N4O3. The van der Waals surface area contributed by atoms with Crippen LogP contribution in [0, 0.1) is 10.1 Å². The van der Waals surface area contributed by atoms with Gasteiger partial charge in [-0.3, -0.25) is 10.1 Å². The maximum Gasteiger partial charge on any atom is 0.349 e. The van der Waals surface area contributed by atoms with E-state index in [2.05, 4.69) is 21.9 Å². The number of hydrogen-bond donors (Lipinski definition) is 1. The molecule has 0 aliphatic heterocycles. The minimum Gasteiger partial charge on any atom is -0.468 e. The van der Waals surface area contributed by atoms with Crippen molar-refractivity contribution in [1.82, 2.24) is 9.97 Å². The van der Waals surface area contributed by atoms with E-state index in [0.29, 0.717) is 12.5 Å². The second kappa shape index (κ2) is 6.41. The number of anilines is 1. The van der Waals surface area contributed by atoms with Crippen molar-refractivity contribution in [1.29, 1.82) is 0 Å². The highest BCUT2D eigenvalue weighted by Gasteiger charge is 2.18. The Balaban J connectivity index is 2.92. The third-order valence-corrected chi connectivity index (χ3v) is 1.80. The summed E-state index contributed by atoms with van der Waals surface area (Å²) in [6, 6.07) is 0. The number of rotatable bonds is 7. The van der Waals surface area contributed by atoms with Crippen LogP contribution < -0.4 is 10.1 Å². The molecule has 0 aliphatic carbocycles. The van der Waals surface area contributed by atoms with Gasteiger partial charge in [0.2, 0.25) is 5.95 Å². The molecule has 7 heteroatoms. The van der Waals surface area contributed by atoms with Crippen molar-refractivity contribution in [3.05, 3.63) is 29.0 Å². The fourth-order valence-electron chi connectivity index (χ4n) is 1.05. The van der Waals surface area contributed by atoms with Gasteiger partial charge in [0, 0.05) is 6.54 Å². The maximum atomic E-state index is 10.7. The molecule has 0 amide bonds. The lowest BCUT2D eigenvalue weighted by Crippen LogP contribution is -2.07. The molecule has 0 radical (unpaired) electrons. The van der Waals surface area contributed by atoms with Crippen molar-refractivity contribution < 1.29 is 9.66 Å². The Morgan fingerprint density at radius 3 is 3.06 bits per heavy atom. The van der Waals surface area contributed by atoms with Crippen molar-refractivity contribution in [3.8, 4) is 5.88 Å². The second-order valence-electron chi connectivity index (χ2n) is 3.17. The molecule has 0 atom stereocenters. The van der Waals surface area contributed by atoms with Crippen LogP contribution in [0.4, 0.5) is 11.6 Å². The Morgan fingerprint density at radius 2 is 2.47 bits per heavy atom. The van der Waals surface area contributed by atoms with Gasteiger partial charge in [0.05, 0.1) is 4.92 Å². The van der Waals surface area contributed by atoms with Crippen LogP contribution >= 0.6 is 0 Å². The number of nitrogens with one attached hydrogen (secondary N) is 1. The average molecular weight is 238 g/mol. The van der Waals surface area contributed by atoms with E-state index < -0.39 is 4.92 Å². The van der Waals surface area contributed by atoms with E-state index >= 15 is 0 Å². The van der Waals surface area contributed by atoms with Gasteiger partial charge in [-0.25, -0.2) is 4.98 Å². The predicted octanol–water partition coefficient (Wildman–Crippen LogP) is 1.77. The molecule has 0 saturated heterocycles. The molecule has 0 aliphatic rings. The van der Waals surface area contributed by atoms with E-state index in [9.17, 15) is 10.1 Å². The Bertz CT molecular complexity index is 409. The minimum atomic E-state index is -0.581. The largest absolute Gasteiger partial charge is 0.468 e. The highest BCUT2D eigenvalue weighted by molar-refractivity contribution is 5.43. The van der Waals surface area contributed by atoms with E-state index in [1.807, 2.05) is 6.92 Å². The van der Waals surface area contributed by atoms with Gasteiger partial charge in [0.1, 0.15) is 12.8 Å². The van der Waals surface area contributed by atoms with Gasteiger partial charge in [-0.2, -0.15) is 4.98 Å². The van der Waals surface area contributed by atoms with E-state index in [1.54, 1.807) is 0 Å². The van der Waals surface area contributed by atoms with Crippen LogP contribution in [0.1, 0.15) is 13.3 Å². The van der Waals surface area contributed by atoms with Crippen LogP contribution in [0.25, 0.3) is 0 Å². The molecule has 1 rings (SSSR count). The molecule has 1 aromatic heterocycles. The van der Waals surface area contributed by atoms with Crippen LogP contribution in [0.3, 0.4) is 0 Å². The highest BCUT2D eigenvalue weighted by Crippen LogP contribution is 2.24. The molecule has 0 saturated carbocycles. The SMILES string of the molecule is C=CCOc1nc(NCCC)ncc1[N+](=O)[O-]. The van der Waals surface area contributed by atoms with Gasteiger partial charge in [-0.1, -0.05) is 19.6 Å². The van der Waals surface area contributed by atoms with Crippen molar-refractivity contribution in [3.63, 3.8) is 0 Å². The highest BCUT2D eigenvalue weighted by atomic mass is 16.6. The summed E-state index contributed by atoms with van der Waals surface area (Å²) in [6.45, 7) is 6.31. The zero-order valence-electron chi connectivity index (χ0n) is 9.55. The molecule has 92 valence electrons. The molecule has 1 heterocycles. The molecule has 0 spiro atoms. The van der Waals surface area contributed by atoms with Crippen LogP contribution in [-0.4, -0.2) is 28.0 Å². The van der Waals surface area contributed by atoms with Gasteiger partial charge in [0.25, 0.3) is 5.88 Å². The van der Waals surface area contributed by atoms with Crippen LogP contribution in [0.5, 0.6) is 5.88 Å². The summed E-state index contributed by atoms with van der Waals surface area (Å²) in [6.07, 6.45) is 3.53. The first-order valence-electron chi connectivity index (χ1n) is 5.18. The first kappa shape index (κ1) is 12.9. The molecule has 0 fully saturated rings. The van der Waals surface area contributed by atoms with Crippen molar-refractivity contribution >= 4 is 11.6 Å². The Labute approximate surface area is 98.7 Å². The van der Waals surface area contributed by atoms with E-state index in [0.717, 1.165) is 12.6 Å². The first-order chi connectivity index (χ1) is 8.19. The normalized spacial score (nSPS) is 9.71. The molecule has 0 unspecified atom stereocenters. The zero-order valence-corrected chi connectivity index (χ0v) is 9.55. The molecular weight excluding hydrogens is 224 g/mol. The van der Waals surface area contributed by atoms with Gasteiger partial charge in [-0.15, -0.1) is 0 Å². The zero-order chi connectivity index (χ0) is 12.7. The summed E-state index contributed by atoms with van der Waals surface area (Å²) in [4.78, 5) is 17.9. The lowest BCUT2D eigenvalue weighted by atomic mass is 10.5. The number of ether oxygens (including phenoxy) is 1. The van der Waals surface area contributed by atoms with Gasteiger partial charge < -0.3 is 10.1 Å². The van der Waals surface area contributed by atoms with Crippen molar-refractivity contribution in [2.75, 3.05) is 18.5 Å². The Morgan fingerprint density at radius 1 is 1.71 bits per heavy atom. The smallest absolute Gasteiger partial charge is 0.349 e. The Kier molecular flexibility index (Phi) is 4.86. The standard InChI is InChI=1S/C10H14N4O3/c1-3-5-11-10-12-7-8(14(15)16)9(13-10)17-6-4-2/h4,7H,2-3,5-6H2,1H3,(H,11,12,13). The third-order valence-electron chi connectivity index (χ3n) is 1.80. The second-order valence-corrected chi connectivity index (χ2v) is 3.17. The predicted molar refractivity (Wildman–Crippen MR) is 63.2 cm³/mol. The maximum absolute atomic E-state index is 10.7. The van der Waals surface area contributed by atoms with E-state index in [4.69, 9.17) is 4.74 Å². The number of hydrogen-bond acceptors (Lipinski definition) is 6. The third kappa shape index (κ3) is 3.71. The summed E-state index contributed by atoms with van der Waals surface area (Å²) < 4.78 is 5.12. The van der Waals surface area contributed by atoms with Gasteiger partial charge in [-0.05, 0) is 6.42 Å². The molecule has 1 aromatic rings. The molecule has 0 aromatic carbocycles.